The lowest BCUT2D eigenvalue weighted by atomic mass is 9.94. The summed E-state index contributed by atoms with van der Waals surface area (Å²) < 4.78 is 37.8. The molecule has 658 valence electrons. The number of hydrogen-bond donors (Lipinski definition) is 13. The van der Waals surface area contributed by atoms with Crippen molar-refractivity contribution in [2.75, 3.05) is 34.4 Å². The van der Waals surface area contributed by atoms with Gasteiger partial charge in [-0.15, -0.1) is 0 Å². The molecular weight excluding hydrogens is 1700 g/mol. The molecular formula is C93H102Cl5N13O14. The maximum absolute atomic E-state index is 10.2. The summed E-state index contributed by atoms with van der Waals surface area (Å²) in [5.41, 5.74) is 46.1. The lowest BCUT2D eigenvalue weighted by Gasteiger charge is -2.21. The molecule has 3 aliphatic carbocycles. The summed E-state index contributed by atoms with van der Waals surface area (Å²) in [5.74, 6) is 2.28. The molecule has 0 atom stereocenters. The monoisotopic (exact) mass is 1800 g/mol. The van der Waals surface area contributed by atoms with Crippen LogP contribution in [0.4, 0.5) is 34.1 Å². The summed E-state index contributed by atoms with van der Waals surface area (Å²) in [6, 6.07) is 36.8. The lowest BCUT2D eigenvalue weighted by molar-refractivity contribution is 0.0714. The first-order valence-corrected chi connectivity index (χ1v) is 42.3. The Morgan fingerprint density at radius 3 is 1.24 bits per heavy atom. The number of nitrogens with two attached hydrogens (primary N) is 6. The van der Waals surface area contributed by atoms with Crippen LogP contribution in [-0.4, -0.2) is 71.5 Å². The molecule has 9 aromatic carbocycles. The van der Waals surface area contributed by atoms with E-state index in [4.69, 9.17) is 124 Å². The fourth-order valence-electron chi connectivity index (χ4n) is 15.0. The van der Waals surface area contributed by atoms with Gasteiger partial charge in [0.05, 0.1) is 109 Å². The zero-order valence-corrected chi connectivity index (χ0v) is 75.8. The highest BCUT2D eigenvalue weighted by Crippen LogP contribution is 2.52. The van der Waals surface area contributed by atoms with Crippen LogP contribution in [0.1, 0.15) is 221 Å². The molecule has 0 unspecified atom stereocenters. The molecule has 7 heterocycles. The predicted molar refractivity (Wildman–Crippen MR) is 493 cm³/mol. The largest absolute Gasteiger partial charge is 0.434 e. The van der Waals surface area contributed by atoms with E-state index in [0.717, 1.165) is 111 Å². The average Bonchev–Trinajstić information content (AvgIpc) is 1.62. The topological polar surface area (TPSA) is 480 Å². The van der Waals surface area contributed by atoms with Gasteiger partial charge in [-0.2, -0.15) is 0 Å². The highest BCUT2D eigenvalue weighted by atomic mass is 35.5. The first-order valence-electron chi connectivity index (χ1n) is 40.4. The van der Waals surface area contributed by atoms with Gasteiger partial charge in [0.1, 0.15) is 22.3 Å². The van der Waals surface area contributed by atoms with E-state index in [2.05, 4.69) is 35.8 Å². The summed E-state index contributed by atoms with van der Waals surface area (Å²) in [6.45, 7) is 27.2. The third-order valence-corrected chi connectivity index (χ3v) is 23.1. The van der Waals surface area contributed by atoms with Crippen molar-refractivity contribution in [2.45, 2.75) is 206 Å². The first-order chi connectivity index (χ1) is 58.3. The van der Waals surface area contributed by atoms with Gasteiger partial charge >= 0.3 is 0 Å². The third-order valence-electron chi connectivity index (χ3n) is 21.3. The summed E-state index contributed by atoms with van der Waals surface area (Å²) in [4.78, 5) is 8.86. The van der Waals surface area contributed by atoms with Crippen molar-refractivity contribution in [3.8, 4) is 22.9 Å². The zero-order valence-electron chi connectivity index (χ0n) is 72.0. The van der Waals surface area contributed by atoms with Gasteiger partial charge in [0.25, 0.3) is 0 Å². The standard InChI is InChI=1S/C17H17ClN2O2.C16H15ClN2O2.3C13H15ClN2O2.C11H13NO2.C10H12N2O2/c1-9-4-6-10(7-5-9)16-20-12-8-11(19)13(17(2,3)21)14(18)15(12)22-16;1-16(2,20)12-10(18)8-11-14(13(12)17)21-15(19-11)9-6-4-3-5-7-9;1-13(2,17)9-8(15)5-7-11(6-3-4-6)16-18-12(7)10(9)14;1-13(2,17)10-7(15)5-8-9(11(10)14)12(16-18-8)6-3-4-6;1-13(2,17)10-8(15)5-7(14)9-11(6-3-4-6)16-18-12(9)10;1-7-10-8(11(2,3)13)5-4-6-9(10)14-12-7;1-10(2,13)9-8-6(11)4-3-5-7(8)14-12-9/h4-8,21H,19H2,1-3H3;3-8,20H,18H2,1-2H3;3*5-6,17H,3-4,15H2,1-2H3;4-6,13H,1-3H3;3-5,13H,11H2,1-2H3. The Kier molecular flexibility index (Phi) is 25.4. The van der Waals surface area contributed by atoms with Gasteiger partial charge in [-0.1, -0.05) is 138 Å². The van der Waals surface area contributed by atoms with E-state index in [1.54, 1.807) is 145 Å². The third kappa shape index (κ3) is 19.6. The zero-order chi connectivity index (χ0) is 91.2. The minimum atomic E-state index is -1.16. The normalized spacial score (nSPS) is 14.0. The van der Waals surface area contributed by atoms with E-state index < -0.39 is 39.2 Å². The number of aliphatic hydroxyl groups is 7. The lowest BCUT2D eigenvalue weighted by Crippen LogP contribution is -2.18. The molecule has 7 aromatic heterocycles. The van der Waals surface area contributed by atoms with Crippen LogP contribution in [0.3, 0.4) is 0 Å². The fourth-order valence-corrected chi connectivity index (χ4v) is 17.3. The van der Waals surface area contributed by atoms with Crippen molar-refractivity contribution in [2.24, 2.45) is 0 Å². The number of hydrogen-bond acceptors (Lipinski definition) is 27. The minimum absolute atomic E-state index is 0.298. The van der Waals surface area contributed by atoms with Gasteiger partial charge in [0.15, 0.2) is 39.1 Å². The van der Waals surface area contributed by atoms with E-state index in [-0.39, 0.29) is 0 Å². The second kappa shape index (κ2) is 34.5. The van der Waals surface area contributed by atoms with E-state index >= 15 is 0 Å². The van der Waals surface area contributed by atoms with Crippen LogP contribution < -0.4 is 34.4 Å². The number of aromatic nitrogens is 7. The van der Waals surface area contributed by atoms with Crippen LogP contribution in [0.25, 0.3) is 100.0 Å². The molecule has 125 heavy (non-hydrogen) atoms. The highest BCUT2D eigenvalue weighted by Gasteiger charge is 2.38. The minimum Gasteiger partial charge on any atom is -0.434 e. The van der Waals surface area contributed by atoms with Crippen LogP contribution in [0, 0.1) is 13.8 Å². The Balaban J connectivity index is 0.000000126. The SMILES string of the molecule is CC(C)(O)c1c(N)cc(Cl)c2c(C3CC3)noc12.CC(C)(O)c1c(N)cc2c(C3CC3)noc2c1Cl.CC(C)(O)c1c(N)cc2nc(-c3ccccc3)oc2c1Cl.CC(C)(O)c1c(N)cc2onc(C3CC3)c2c1Cl.CC(C)(O)c1noc2cccc(N)c12.Cc1ccc(-c2nc3cc(N)c(C(C)(C)O)c(Cl)c3o2)cc1.Cc1noc2cccc(C(C)(C)O)c12. The fraction of sp³-hybridized carbons (Fsp3) is 0.344. The van der Waals surface area contributed by atoms with Gasteiger partial charge in [-0.25, -0.2) is 9.97 Å². The van der Waals surface area contributed by atoms with Gasteiger partial charge in [-0.05, 0) is 222 Å². The van der Waals surface area contributed by atoms with Crippen molar-refractivity contribution in [1.29, 1.82) is 0 Å². The Labute approximate surface area is 744 Å². The van der Waals surface area contributed by atoms with Crippen LogP contribution in [-0.2, 0) is 39.2 Å². The number of nitrogen functional groups attached to an aromatic ring is 6. The number of benzene rings is 9. The number of anilines is 6. The Morgan fingerprint density at radius 1 is 0.336 bits per heavy atom. The molecule has 0 amide bonds. The van der Waals surface area contributed by atoms with Crippen molar-refractivity contribution in [3.63, 3.8) is 0 Å². The van der Waals surface area contributed by atoms with Crippen LogP contribution in [0.2, 0.25) is 25.1 Å². The van der Waals surface area contributed by atoms with Crippen molar-refractivity contribution >= 4 is 169 Å². The number of rotatable bonds is 12. The van der Waals surface area contributed by atoms with E-state index in [0.29, 0.717) is 172 Å². The maximum atomic E-state index is 10.2. The van der Waals surface area contributed by atoms with E-state index in [9.17, 15) is 35.7 Å². The predicted octanol–water partition coefficient (Wildman–Crippen LogP) is 21.7. The van der Waals surface area contributed by atoms with Crippen LogP contribution >= 0.6 is 58.0 Å². The van der Waals surface area contributed by atoms with Crippen molar-refractivity contribution in [3.05, 3.63) is 214 Å². The molecule has 3 saturated carbocycles. The van der Waals surface area contributed by atoms with E-state index in [1.807, 2.05) is 86.6 Å². The molecule has 16 aromatic rings. The number of aryl methyl sites for hydroxylation is 2. The molecule has 0 aliphatic heterocycles. The molecule has 0 bridgehead atoms. The second-order valence-corrected chi connectivity index (χ2v) is 37.4. The van der Waals surface area contributed by atoms with Gasteiger partial charge in [-0.3, -0.25) is 0 Å². The molecule has 19 rings (SSSR count). The van der Waals surface area contributed by atoms with Crippen LogP contribution in [0.15, 0.2) is 153 Å². The summed E-state index contributed by atoms with van der Waals surface area (Å²) in [5, 5.41) is 96.7. The molecule has 0 saturated heterocycles. The smallest absolute Gasteiger partial charge is 0.227 e. The van der Waals surface area contributed by atoms with Crippen molar-refractivity contribution in [1.82, 2.24) is 35.8 Å². The summed E-state index contributed by atoms with van der Waals surface area (Å²) in [6.07, 6.45) is 6.71. The van der Waals surface area contributed by atoms with Crippen molar-refractivity contribution < 1.29 is 67.2 Å². The molecule has 0 spiro atoms. The first kappa shape index (κ1) is 91.9. The Hall–Kier alpha value is -10.8. The highest BCUT2D eigenvalue weighted by molar-refractivity contribution is 6.38. The van der Waals surface area contributed by atoms with E-state index in [1.165, 1.54) is 0 Å². The van der Waals surface area contributed by atoms with Gasteiger partial charge in [0.2, 0.25) is 11.8 Å². The average molecular weight is 1800 g/mol. The Morgan fingerprint density at radius 2 is 0.744 bits per heavy atom. The maximum Gasteiger partial charge on any atom is 0.227 e. The number of fused-ring (bicyclic) bond motifs is 7. The molecule has 32 heteroatoms. The molecule has 0 radical (unpaired) electrons. The quantitative estimate of drug-likeness (QED) is 0.0505. The second-order valence-electron chi connectivity index (χ2n) is 35.5. The summed E-state index contributed by atoms with van der Waals surface area (Å²) >= 11 is 31.7. The number of nitrogens with zero attached hydrogens (tertiary/aromatic N) is 7. The molecule has 27 nitrogen and oxygen atoms in total. The Bertz CT molecular complexity index is 6670. The number of halogens is 5. The summed E-state index contributed by atoms with van der Waals surface area (Å²) in [7, 11) is 0. The van der Waals surface area contributed by atoms with Gasteiger partial charge < -0.3 is 102 Å². The molecule has 3 fully saturated rings. The van der Waals surface area contributed by atoms with Gasteiger partial charge in [0, 0.05) is 96.7 Å². The van der Waals surface area contributed by atoms with Crippen LogP contribution in [0.5, 0.6) is 0 Å². The number of oxazole rings is 2. The molecule has 3 aliphatic rings. The molecule has 19 N–H and O–H groups in total.